The van der Waals surface area contributed by atoms with Crippen LogP contribution >= 0.6 is 24.0 Å². The molecule has 1 aromatic carbocycles. The van der Waals surface area contributed by atoms with Crippen molar-refractivity contribution in [2.75, 3.05) is 27.7 Å². The predicted octanol–water partition coefficient (Wildman–Crippen LogP) is 3.31. The lowest BCUT2D eigenvalue weighted by Gasteiger charge is -2.22. The molecule has 1 heterocycles. The van der Waals surface area contributed by atoms with Crippen LogP contribution in [-0.2, 0) is 13.1 Å². The number of unbranched alkanes of at least 4 members (excludes halogenated alkanes) is 1. The molecule has 0 unspecified atom stereocenters. The summed E-state index contributed by atoms with van der Waals surface area (Å²) in [7, 11) is 5.55. The van der Waals surface area contributed by atoms with Gasteiger partial charge in [-0.15, -0.1) is 24.0 Å². The van der Waals surface area contributed by atoms with Crippen molar-refractivity contribution < 1.29 is 4.74 Å². The third-order valence-electron chi connectivity index (χ3n) is 4.18. The number of aliphatic imine (C=N–C) groups is 1. The molecule has 0 saturated heterocycles. The van der Waals surface area contributed by atoms with Crippen LogP contribution in [0.5, 0.6) is 5.75 Å². The van der Waals surface area contributed by atoms with Crippen LogP contribution in [-0.4, -0.2) is 48.2 Å². The standard InChI is InChI=1S/C19H29N5O.HI/c1-16-21-12-14-24(16)13-6-5-11-22-19(20-2)23(3)15-17-7-9-18(25-4)10-8-17;/h7-10,12,14H,5-6,11,13,15H2,1-4H3,(H,20,22);1H. The second-order valence-electron chi connectivity index (χ2n) is 6.05. The van der Waals surface area contributed by atoms with Crippen LogP contribution in [0.4, 0.5) is 0 Å². The molecule has 0 saturated carbocycles. The largest absolute Gasteiger partial charge is 0.497 e. The van der Waals surface area contributed by atoms with E-state index in [1.165, 1.54) is 5.56 Å². The van der Waals surface area contributed by atoms with Crippen molar-refractivity contribution in [2.24, 2.45) is 4.99 Å². The Labute approximate surface area is 173 Å². The van der Waals surface area contributed by atoms with E-state index in [1.807, 2.05) is 38.5 Å². The van der Waals surface area contributed by atoms with Crippen molar-refractivity contribution in [1.82, 2.24) is 19.8 Å². The van der Waals surface area contributed by atoms with E-state index in [4.69, 9.17) is 4.74 Å². The maximum absolute atomic E-state index is 5.20. The fourth-order valence-corrected chi connectivity index (χ4v) is 2.71. The highest BCUT2D eigenvalue weighted by atomic mass is 127. The van der Waals surface area contributed by atoms with Gasteiger partial charge in [-0.3, -0.25) is 4.99 Å². The summed E-state index contributed by atoms with van der Waals surface area (Å²) in [4.78, 5) is 10.7. The first-order valence-corrected chi connectivity index (χ1v) is 8.66. The maximum Gasteiger partial charge on any atom is 0.193 e. The molecule has 0 amide bonds. The van der Waals surface area contributed by atoms with Gasteiger partial charge in [0.1, 0.15) is 11.6 Å². The highest BCUT2D eigenvalue weighted by molar-refractivity contribution is 14.0. The Morgan fingerprint density at radius 2 is 2.00 bits per heavy atom. The molecule has 1 aromatic heterocycles. The minimum Gasteiger partial charge on any atom is -0.497 e. The molecule has 0 aliphatic carbocycles. The average Bonchev–Trinajstić information content (AvgIpc) is 3.03. The molecule has 0 spiro atoms. The number of aromatic nitrogens is 2. The second kappa shape index (κ2) is 11.8. The van der Waals surface area contributed by atoms with E-state index in [-0.39, 0.29) is 24.0 Å². The fraction of sp³-hybridized carbons (Fsp3) is 0.474. The van der Waals surface area contributed by atoms with Gasteiger partial charge in [0.05, 0.1) is 7.11 Å². The summed E-state index contributed by atoms with van der Waals surface area (Å²) in [5, 5.41) is 3.43. The molecule has 0 bridgehead atoms. The van der Waals surface area contributed by atoms with Gasteiger partial charge in [0, 0.05) is 46.1 Å². The monoisotopic (exact) mass is 471 g/mol. The van der Waals surface area contributed by atoms with Crippen molar-refractivity contribution in [1.29, 1.82) is 0 Å². The van der Waals surface area contributed by atoms with Gasteiger partial charge in [-0.1, -0.05) is 12.1 Å². The highest BCUT2D eigenvalue weighted by Gasteiger charge is 2.06. The molecule has 0 radical (unpaired) electrons. The molecule has 7 heteroatoms. The van der Waals surface area contributed by atoms with Crippen LogP contribution in [0.1, 0.15) is 24.2 Å². The lowest BCUT2D eigenvalue weighted by Crippen LogP contribution is -2.38. The van der Waals surface area contributed by atoms with Crippen LogP contribution in [0, 0.1) is 6.92 Å². The third kappa shape index (κ3) is 6.86. The number of benzene rings is 1. The SMILES string of the molecule is CN=C(NCCCCn1ccnc1C)N(C)Cc1ccc(OC)cc1.I. The van der Waals surface area contributed by atoms with E-state index in [0.29, 0.717) is 0 Å². The summed E-state index contributed by atoms with van der Waals surface area (Å²) < 4.78 is 7.38. The summed E-state index contributed by atoms with van der Waals surface area (Å²) in [6, 6.07) is 8.13. The Hall–Kier alpha value is -1.77. The van der Waals surface area contributed by atoms with Crippen LogP contribution in [0.25, 0.3) is 0 Å². The molecule has 1 N–H and O–H groups in total. The number of methoxy groups -OCH3 is 1. The molecule has 0 atom stereocenters. The van der Waals surface area contributed by atoms with Gasteiger partial charge >= 0.3 is 0 Å². The van der Waals surface area contributed by atoms with Gasteiger partial charge in [0.25, 0.3) is 0 Å². The van der Waals surface area contributed by atoms with Crippen molar-refractivity contribution in [3.8, 4) is 5.75 Å². The second-order valence-corrected chi connectivity index (χ2v) is 6.05. The van der Waals surface area contributed by atoms with Gasteiger partial charge in [-0.2, -0.15) is 0 Å². The highest BCUT2D eigenvalue weighted by Crippen LogP contribution is 2.12. The first-order chi connectivity index (χ1) is 12.1. The predicted molar refractivity (Wildman–Crippen MR) is 117 cm³/mol. The lowest BCUT2D eigenvalue weighted by molar-refractivity contribution is 0.414. The molecule has 0 aliphatic heterocycles. The van der Waals surface area contributed by atoms with E-state index in [0.717, 1.165) is 50.0 Å². The summed E-state index contributed by atoms with van der Waals surface area (Å²) in [6.45, 7) is 4.76. The number of hydrogen-bond acceptors (Lipinski definition) is 3. The summed E-state index contributed by atoms with van der Waals surface area (Å²) in [5.74, 6) is 2.86. The third-order valence-corrected chi connectivity index (χ3v) is 4.18. The van der Waals surface area contributed by atoms with Crippen LogP contribution in [0.3, 0.4) is 0 Å². The van der Waals surface area contributed by atoms with E-state index >= 15 is 0 Å². The molecule has 144 valence electrons. The number of aryl methyl sites for hydroxylation is 2. The number of nitrogens with zero attached hydrogens (tertiary/aromatic N) is 4. The minimum absolute atomic E-state index is 0. The Morgan fingerprint density at radius 3 is 2.58 bits per heavy atom. The Kier molecular flexibility index (Phi) is 10.1. The maximum atomic E-state index is 5.20. The van der Waals surface area contributed by atoms with Gasteiger partial charge < -0.3 is 19.5 Å². The summed E-state index contributed by atoms with van der Waals surface area (Å²) >= 11 is 0. The lowest BCUT2D eigenvalue weighted by atomic mass is 10.2. The number of halogens is 1. The van der Waals surface area contributed by atoms with Crippen LogP contribution < -0.4 is 10.1 Å². The Balaban J connectivity index is 0.00000338. The first kappa shape index (κ1) is 22.3. The zero-order valence-electron chi connectivity index (χ0n) is 16.1. The van der Waals surface area contributed by atoms with Crippen molar-refractivity contribution >= 4 is 29.9 Å². The number of rotatable bonds is 8. The van der Waals surface area contributed by atoms with E-state index in [9.17, 15) is 0 Å². The number of guanidine groups is 1. The Morgan fingerprint density at radius 1 is 1.27 bits per heavy atom. The topological polar surface area (TPSA) is 54.7 Å². The number of hydrogen-bond donors (Lipinski definition) is 1. The average molecular weight is 471 g/mol. The van der Waals surface area contributed by atoms with Crippen molar-refractivity contribution in [3.05, 3.63) is 48.0 Å². The van der Waals surface area contributed by atoms with Crippen molar-refractivity contribution in [2.45, 2.75) is 32.9 Å². The first-order valence-electron chi connectivity index (χ1n) is 8.66. The van der Waals surface area contributed by atoms with Crippen LogP contribution in [0.2, 0.25) is 0 Å². The van der Waals surface area contributed by atoms with Gasteiger partial charge in [-0.25, -0.2) is 4.98 Å². The Bertz CT molecular complexity index is 669. The summed E-state index contributed by atoms with van der Waals surface area (Å²) in [5.41, 5.74) is 1.22. The number of imidazole rings is 1. The molecule has 2 rings (SSSR count). The zero-order chi connectivity index (χ0) is 18.1. The normalized spacial score (nSPS) is 11.0. The van der Waals surface area contributed by atoms with E-state index in [2.05, 4.69) is 43.9 Å². The molecule has 6 nitrogen and oxygen atoms in total. The zero-order valence-corrected chi connectivity index (χ0v) is 18.4. The van der Waals surface area contributed by atoms with Gasteiger partial charge in [-0.05, 0) is 37.5 Å². The molecular weight excluding hydrogens is 441 g/mol. The molecule has 0 fully saturated rings. The minimum atomic E-state index is 0. The number of nitrogens with one attached hydrogen (secondary N) is 1. The molecule has 0 aliphatic rings. The van der Waals surface area contributed by atoms with Gasteiger partial charge in [0.15, 0.2) is 5.96 Å². The summed E-state index contributed by atoms with van der Waals surface area (Å²) in [6.07, 6.45) is 6.09. The van der Waals surface area contributed by atoms with Crippen molar-refractivity contribution in [3.63, 3.8) is 0 Å². The van der Waals surface area contributed by atoms with Crippen LogP contribution in [0.15, 0.2) is 41.7 Å². The molecule has 2 aromatic rings. The quantitative estimate of drug-likeness (QED) is 0.278. The fourth-order valence-electron chi connectivity index (χ4n) is 2.71. The molecular formula is C19H30IN5O. The number of ether oxygens (including phenoxy) is 1. The smallest absolute Gasteiger partial charge is 0.193 e. The van der Waals surface area contributed by atoms with Gasteiger partial charge in [0.2, 0.25) is 0 Å². The van der Waals surface area contributed by atoms with E-state index in [1.54, 1.807) is 7.11 Å². The van der Waals surface area contributed by atoms with E-state index < -0.39 is 0 Å². The molecule has 26 heavy (non-hydrogen) atoms.